The summed E-state index contributed by atoms with van der Waals surface area (Å²) in [4.78, 5) is 6.31. The van der Waals surface area contributed by atoms with E-state index in [-0.39, 0.29) is 0 Å². The molecule has 0 radical (unpaired) electrons. The molecule has 0 aliphatic carbocycles. The Hall–Kier alpha value is -1.95. The van der Waals surface area contributed by atoms with Gasteiger partial charge >= 0.3 is 0 Å². The fraction of sp³-hybridized carbons (Fsp3) is 0.462. The molecule has 6 nitrogen and oxygen atoms in total. The summed E-state index contributed by atoms with van der Waals surface area (Å²) in [6.45, 7) is 3.33. The van der Waals surface area contributed by atoms with Crippen LogP contribution in [0.1, 0.15) is 17.8 Å². The summed E-state index contributed by atoms with van der Waals surface area (Å²) in [5.41, 5.74) is 2.07. The first-order valence-electron chi connectivity index (χ1n) is 6.45. The minimum Gasteiger partial charge on any atom is -0.486 e. The Bertz CT molecular complexity index is 539. The van der Waals surface area contributed by atoms with E-state index in [0.717, 1.165) is 43.2 Å². The Morgan fingerprint density at radius 1 is 1.37 bits per heavy atom. The molecule has 6 heteroatoms. The van der Waals surface area contributed by atoms with Crippen LogP contribution in [0.3, 0.4) is 0 Å². The molecule has 100 valence electrons. The Labute approximate surface area is 112 Å². The number of fused-ring (bicyclic) bond motifs is 1. The van der Waals surface area contributed by atoms with Crippen molar-refractivity contribution in [2.45, 2.75) is 26.1 Å². The van der Waals surface area contributed by atoms with Crippen LogP contribution in [0.5, 0.6) is 5.75 Å². The zero-order chi connectivity index (χ0) is 13.1. The topological polar surface area (TPSA) is 56.1 Å². The van der Waals surface area contributed by atoms with Crippen LogP contribution in [-0.4, -0.2) is 38.5 Å². The van der Waals surface area contributed by atoms with Gasteiger partial charge in [-0.15, -0.1) is 5.10 Å². The molecule has 0 atom stereocenters. The van der Waals surface area contributed by atoms with Crippen LogP contribution in [0.2, 0.25) is 0 Å². The number of hydrogen-bond acceptors (Lipinski definition) is 5. The zero-order valence-corrected chi connectivity index (χ0v) is 11.0. The largest absolute Gasteiger partial charge is 0.486 e. The van der Waals surface area contributed by atoms with Gasteiger partial charge < -0.3 is 9.64 Å². The van der Waals surface area contributed by atoms with Crippen molar-refractivity contribution in [3.8, 4) is 5.75 Å². The van der Waals surface area contributed by atoms with Crippen molar-refractivity contribution in [2.24, 2.45) is 0 Å². The maximum atomic E-state index is 5.70. The lowest BCUT2D eigenvalue weighted by atomic mass is 10.3. The standard InChI is InChI=1S/C13H17N5O/c1-17-6-3-7-18-13(9-17)12(15-16-18)10-19-11-4-2-5-14-8-11/h2,4-5,8H,3,6-7,9-10H2,1H3. The van der Waals surface area contributed by atoms with Gasteiger partial charge in [0.1, 0.15) is 18.1 Å². The van der Waals surface area contributed by atoms with Gasteiger partial charge in [-0.25, -0.2) is 4.68 Å². The highest BCUT2D eigenvalue weighted by Crippen LogP contribution is 2.15. The average Bonchev–Trinajstić information content (AvgIpc) is 2.70. The smallest absolute Gasteiger partial charge is 0.138 e. The third kappa shape index (κ3) is 2.73. The Morgan fingerprint density at radius 2 is 2.32 bits per heavy atom. The maximum absolute atomic E-state index is 5.70. The van der Waals surface area contributed by atoms with E-state index in [0.29, 0.717) is 6.61 Å². The van der Waals surface area contributed by atoms with E-state index in [9.17, 15) is 0 Å². The summed E-state index contributed by atoms with van der Waals surface area (Å²) in [7, 11) is 2.12. The fourth-order valence-electron chi connectivity index (χ4n) is 2.24. The fourth-order valence-corrected chi connectivity index (χ4v) is 2.24. The molecule has 0 N–H and O–H groups in total. The molecule has 1 aliphatic rings. The van der Waals surface area contributed by atoms with Crippen molar-refractivity contribution >= 4 is 0 Å². The average molecular weight is 259 g/mol. The van der Waals surface area contributed by atoms with Gasteiger partial charge in [0.05, 0.1) is 11.9 Å². The van der Waals surface area contributed by atoms with Crippen LogP contribution in [0.4, 0.5) is 0 Å². The van der Waals surface area contributed by atoms with Gasteiger partial charge in [0.2, 0.25) is 0 Å². The first-order valence-corrected chi connectivity index (χ1v) is 6.45. The van der Waals surface area contributed by atoms with E-state index in [1.807, 2.05) is 16.8 Å². The first-order chi connectivity index (χ1) is 9.33. The predicted molar refractivity (Wildman–Crippen MR) is 69.5 cm³/mol. The summed E-state index contributed by atoms with van der Waals surface area (Å²) in [6.07, 6.45) is 4.54. The Balaban J connectivity index is 1.73. The molecule has 0 saturated carbocycles. The minimum absolute atomic E-state index is 0.439. The zero-order valence-electron chi connectivity index (χ0n) is 11.0. The number of nitrogens with zero attached hydrogens (tertiary/aromatic N) is 5. The predicted octanol–water partition coefficient (Wildman–Crippen LogP) is 1.09. The van der Waals surface area contributed by atoms with Crippen molar-refractivity contribution in [3.63, 3.8) is 0 Å². The lowest BCUT2D eigenvalue weighted by Gasteiger charge is -2.12. The number of aromatic nitrogens is 4. The molecule has 0 aromatic carbocycles. The summed E-state index contributed by atoms with van der Waals surface area (Å²) >= 11 is 0. The van der Waals surface area contributed by atoms with Crippen molar-refractivity contribution in [1.29, 1.82) is 0 Å². The molecule has 0 unspecified atom stereocenters. The molecule has 0 saturated heterocycles. The molecule has 2 aromatic heterocycles. The van der Waals surface area contributed by atoms with E-state index < -0.39 is 0 Å². The number of hydrogen-bond donors (Lipinski definition) is 0. The summed E-state index contributed by atoms with van der Waals surface area (Å²) in [5.74, 6) is 0.756. The SMILES string of the molecule is CN1CCCn2nnc(COc3cccnc3)c2C1. The van der Waals surface area contributed by atoms with Gasteiger partial charge in [-0.05, 0) is 25.6 Å². The van der Waals surface area contributed by atoms with E-state index in [4.69, 9.17) is 4.74 Å². The van der Waals surface area contributed by atoms with Gasteiger partial charge in [-0.2, -0.15) is 0 Å². The van der Waals surface area contributed by atoms with Crippen LogP contribution in [0.25, 0.3) is 0 Å². The molecular formula is C13H17N5O. The van der Waals surface area contributed by atoms with Crippen molar-refractivity contribution in [3.05, 3.63) is 35.9 Å². The molecule has 0 spiro atoms. The van der Waals surface area contributed by atoms with E-state index in [2.05, 4.69) is 27.2 Å². The van der Waals surface area contributed by atoms with Crippen LogP contribution in [0, 0.1) is 0 Å². The molecular weight excluding hydrogens is 242 g/mol. The van der Waals surface area contributed by atoms with Crippen molar-refractivity contribution in [1.82, 2.24) is 24.9 Å². The third-order valence-corrected chi connectivity index (χ3v) is 3.26. The van der Waals surface area contributed by atoms with Crippen LogP contribution >= 0.6 is 0 Å². The van der Waals surface area contributed by atoms with Gasteiger partial charge in [0.25, 0.3) is 0 Å². The van der Waals surface area contributed by atoms with E-state index in [1.54, 1.807) is 12.4 Å². The van der Waals surface area contributed by atoms with Gasteiger partial charge in [-0.3, -0.25) is 4.98 Å². The molecule has 3 rings (SSSR count). The van der Waals surface area contributed by atoms with Gasteiger partial charge in [-0.1, -0.05) is 5.21 Å². The molecule has 1 aliphatic heterocycles. The second-order valence-corrected chi connectivity index (χ2v) is 4.77. The van der Waals surface area contributed by atoms with Crippen LogP contribution < -0.4 is 4.74 Å². The molecule has 2 aromatic rings. The van der Waals surface area contributed by atoms with Crippen molar-refractivity contribution < 1.29 is 4.74 Å². The van der Waals surface area contributed by atoms with E-state index >= 15 is 0 Å². The minimum atomic E-state index is 0.439. The van der Waals surface area contributed by atoms with Gasteiger partial charge in [0.15, 0.2) is 0 Å². The molecule has 0 bridgehead atoms. The van der Waals surface area contributed by atoms with Crippen LogP contribution in [0.15, 0.2) is 24.5 Å². The summed E-state index contributed by atoms with van der Waals surface area (Å²) in [6, 6.07) is 3.75. The second kappa shape index (κ2) is 5.36. The number of pyridine rings is 1. The highest BCUT2D eigenvalue weighted by atomic mass is 16.5. The summed E-state index contributed by atoms with van der Waals surface area (Å²) in [5, 5.41) is 8.44. The molecule has 3 heterocycles. The third-order valence-electron chi connectivity index (χ3n) is 3.26. The maximum Gasteiger partial charge on any atom is 0.138 e. The Kier molecular flexibility index (Phi) is 3.41. The monoisotopic (exact) mass is 259 g/mol. The first kappa shape index (κ1) is 12.1. The second-order valence-electron chi connectivity index (χ2n) is 4.77. The van der Waals surface area contributed by atoms with E-state index in [1.165, 1.54) is 0 Å². The summed E-state index contributed by atoms with van der Waals surface area (Å²) < 4.78 is 7.69. The number of rotatable bonds is 3. The molecule has 0 amide bonds. The normalized spacial score (nSPS) is 15.8. The van der Waals surface area contributed by atoms with Gasteiger partial charge in [0, 0.05) is 25.8 Å². The number of ether oxygens (including phenoxy) is 1. The van der Waals surface area contributed by atoms with Crippen molar-refractivity contribution in [2.75, 3.05) is 13.6 Å². The lowest BCUT2D eigenvalue weighted by molar-refractivity contribution is 0.291. The lowest BCUT2D eigenvalue weighted by Crippen LogP contribution is -2.18. The Morgan fingerprint density at radius 3 is 3.16 bits per heavy atom. The quantitative estimate of drug-likeness (QED) is 0.825. The number of aryl methyl sites for hydroxylation is 1. The van der Waals surface area contributed by atoms with Crippen LogP contribution in [-0.2, 0) is 19.7 Å². The highest BCUT2D eigenvalue weighted by molar-refractivity contribution is 5.17. The molecule has 19 heavy (non-hydrogen) atoms. The highest BCUT2D eigenvalue weighted by Gasteiger charge is 2.18. The molecule has 0 fully saturated rings.